The third kappa shape index (κ3) is 3.00. The Bertz CT molecular complexity index is 479. The summed E-state index contributed by atoms with van der Waals surface area (Å²) in [5.74, 6) is 0.728. The molecule has 2 aliphatic heterocycles. The zero-order valence-corrected chi connectivity index (χ0v) is 14.1. The van der Waals surface area contributed by atoms with E-state index in [-0.39, 0.29) is 11.8 Å². The molecule has 128 valence electrons. The van der Waals surface area contributed by atoms with Crippen LogP contribution in [-0.2, 0) is 9.59 Å². The van der Waals surface area contributed by atoms with E-state index in [0.717, 1.165) is 58.2 Å². The van der Waals surface area contributed by atoms with Crippen LogP contribution in [0.1, 0.15) is 51.4 Å². The van der Waals surface area contributed by atoms with Crippen LogP contribution in [0.15, 0.2) is 0 Å². The predicted molar refractivity (Wildman–Crippen MR) is 87.8 cm³/mol. The summed E-state index contributed by atoms with van der Waals surface area (Å²) in [7, 11) is 0. The minimum atomic E-state index is -0.717. The van der Waals surface area contributed by atoms with Crippen LogP contribution in [0.5, 0.6) is 0 Å². The molecular formula is C18H29N3O2. The van der Waals surface area contributed by atoms with Crippen LogP contribution < -0.4 is 5.32 Å². The molecule has 2 aliphatic carbocycles. The van der Waals surface area contributed by atoms with Crippen LogP contribution >= 0.6 is 0 Å². The van der Waals surface area contributed by atoms with E-state index in [1.807, 2.05) is 4.90 Å². The largest absolute Gasteiger partial charge is 0.352 e. The van der Waals surface area contributed by atoms with Crippen molar-refractivity contribution in [1.82, 2.24) is 15.1 Å². The Kier molecular flexibility index (Phi) is 4.08. The minimum absolute atomic E-state index is 0.0132. The molecule has 2 saturated carbocycles. The highest BCUT2D eigenvalue weighted by molar-refractivity contribution is 6.06. The molecule has 1 atom stereocenters. The molecule has 5 heteroatoms. The molecule has 2 saturated heterocycles. The molecule has 4 rings (SSSR count). The summed E-state index contributed by atoms with van der Waals surface area (Å²) in [6.45, 7) is 5.27. The summed E-state index contributed by atoms with van der Waals surface area (Å²) >= 11 is 0. The number of likely N-dealkylation sites (tertiary alicyclic amines) is 2. The van der Waals surface area contributed by atoms with Crippen LogP contribution in [0, 0.1) is 11.3 Å². The van der Waals surface area contributed by atoms with Gasteiger partial charge in [-0.3, -0.25) is 9.59 Å². The Morgan fingerprint density at radius 2 is 1.74 bits per heavy atom. The number of rotatable bonds is 5. The standard InChI is InChI=1S/C18H29N3O2/c22-16(19-15-4-5-15)18(7-3-8-18)17(23)21-11-6-14(13-21)12-20-9-1-2-10-20/h14-15H,1-13H2,(H,19,22). The Labute approximate surface area is 138 Å². The predicted octanol–water partition coefficient (Wildman–Crippen LogP) is 1.38. The van der Waals surface area contributed by atoms with Crippen molar-refractivity contribution in [3.8, 4) is 0 Å². The average molecular weight is 319 g/mol. The first-order chi connectivity index (χ1) is 11.2. The van der Waals surface area contributed by atoms with Gasteiger partial charge in [0.05, 0.1) is 0 Å². The number of carbonyl (C=O) groups is 2. The van der Waals surface area contributed by atoms with Gasteiger partial charge in [0.25, 0.3) is 0 Å². The van der Waals surface area contributed by atoms with Gasteiger partial charge in [-0.1, -0.05) is 6.42 Å². The van der Waals surface area contributed by atoms with E-state index in [4.69, 9.17) is 0 Å². The van der Waals surface area contributed by atoms with Crippen molar-refractivity contribution in [2.45, 2.75) is 57.4 Å². The van der Waals surface area contributed by atoms with Crippen LogP contribution in [0.4, 0.5) is 0 Å². The van der Waals surface area contributed by atoms with E-state index >= 15 is 0 Å². The van der Waals surface area contributed by atoms with Crippen molar-refractivity contribution in [2.24, 2.45) is 11.3 Å². The second-order valence-electron chi connectivity index (χ2n) is 8.10. The maximum Gasteiger partial charge on any atom is 0.238 e. The van der Waals surface area contributed by atoms with Gasteiger partial charge < -0.3 is 15.1 Å². The summed E-state index contributed by atoms with van der Waals surface area (Å²) in [5, 5.41) is 3.08. The summed E-state index contributed by atoms with van der Waals surface area (Å²) in [6, 6.07) is 0.342. The fourth-order valence-electron chi connectivity index (χ4n) is 4.42. The van der Waals surface area contributed by atoms with E-state index in [1.54, 1.807) is 0 Å². The molecule has 23 heavy (non-hydrogen) atoms. The van der Waals surface area contributed by atoms with Gasteiger partial charge in [-0.25, -0.2) is 0 Å². The van der Waals surface area contributed by atoms with Gasteiger partial charge in [0.2, 0.25) is 11.8 Å². The fraction of sp³-hybridized carbons (Fsp3) is 0.889. The van der Waals surface area contributed by atoms with Gasteiger partial charge in [-0.05, 0) is 64.0 Å². The molecule has 1 N–H and O–H groups in total. The Hall–Kier alpha value is -1.10. The lowest BCUT2D eigenvalue weighted by Crippen LogP contribution is -2.56. The molecule has 2 amide bonds. The van der Waals surface area contributed by atoms with Crippen LogP contribution in [0.2, 0.25) is 0 Å². The lowest BCUT2D eigenvalue weighted by molar-refractivity contribution is -0.156. The zero-order valence-electron chi connectivity index (χ0n) is 14.1. The first-order valence-corrected chi connectivity index (χ1v) is 9.50. The maximum atomic E-state index is 13.0. The molecule has 0 aromatic heterocycles. The molecule has 4 aliphatic rings. The number of nitrogens with zero attached hydrogens (tertiary/aromatic N) is 2. The van der Waals surface area contributed by atoms with Gasteiger partial charge >= 0.3 is 0 Å². The maximum absolute atomic E-state index is 13.0. The second kappa shape index (κ2) is 6.08. The first-order valence-electron chi connectivity index (χ1n) is 9.50. The van der Waals surface area contributed by atoms with Gasteiger partial charge in [-0.2, -0.15) is 0 Å². The number of hydrogen-bond acceptors (Lipinski definition) is 3. The average Bonchev–Trinajstić information content (AvgIpc) is 2.99. The molecule has 2 heterocycles. The molecule has 0 spiro atoms. The molecule has 0 bridgehead atoms. The topological polar surface area (TPSA) is 52.7 Å². The van der Waals surface area contributed by atoms with E-state index < -0.39 is 5.41 Å². The first kappa shape index (κ1) is 15.4. The third-order valence-electron chi connectivity index (χ3n) is 6.25. The monoisotopic (exact) mass is 319 g/mol. The highest BCUT2D eigenvalue weighted by Gasteiger charge is 2.54. The Balaban J connectivity index is 1.35. The van der Waals surface area contributed by atoms with E-state index in [0.29, 0.717) is 12.0 Å². The van der Waals surface area contributed by atoms with E-state index in [9.17, 15) is 9.59 Å². The molecule has 0 aromatic rings. The fourth-order valence-corrected chi connectivity index (χ4v) is 4.42. The summed E-state index contributed by atoms with van der Waals surface area (Å²) in [5.41, 5.74) is -0.717. The number of hydrogen-bond donors (Lipinski definition) is 1. The molecular weight excluding hydrogens is 290 g/mol. The van der Waals surface area contributed by atoms with Crippen LogP contribution in [-0.4, -0.2) is 60.4 Å². The van der Waals surface area contributed by atoms with Crippen molar-refractivity contribution in [3.05, 3.63) is 0 Å². The third-order valence-corrected chi connectivity index (χ3v) is 6.25. The van der Waals surface area contributed by atoms with Crippen molar-refractivity contribution < 1.29 is 9.59 Å². The Morgan fingerprint density at radius 1 is 1.00 bits per heavy atom. The quantitative estimate of drug-likeness (QED) is 0.779. The highest BCUT2D eigenvalue weighted by atomic mass is 16.2. The number of carbonyl (C=O) groups excluding carboxylic acids is 2. The van der Waals surface area contributed by atoms with Crippen molar-refractivity contribution in [2.75, 3.05) is 32.7 Å². The van der Waals surface area contributed by atoms with Crippen LogP contribution in [0.3, 0.4) is 0 Å². The molecule has 1 unspecified atom stereocenters. The molecule has 5 nitrogen and oxygen atoms in total. The molecule has 4 fully saturated rings. The lowest BCUT2D eigenvalue weighted by Gasteiger charge is -2.41. The summed E-state index contributed by atoms with van der Waals surface area (Å²) in [6.07, 6.45) is 8.40. The van der Waals surface area contributed by atoms with Crippen LogP contribution in [0.25, 0.3) is 0 Å². The molecule has 0 radical (unpaired) electrons. The minimum Gasteiger partial charge on any atom is -0.352 e. The number of nitrogens with one attached hydrogen (secondary N) is 1. The van der Waals surface area contributed by atoms with Gasteiger partial charge in [0.1, 0.15) is 5.41 Å². The van der Waals surface area contributed by atoms with Gasteiger partial charge in [0, 0.05) is 25.7 Å². The smallest absolute Gasteiger partial charge is 0.238 e. The second-order valence-corrected chi connectivity index (χ2v) is 8.10. The van der Waals surface area contributed by atoms with E-state index in [1.165, 1.54) is 25.9 Å². The zero-order chi connectivity index (χ0) is 15.9. The SMILES string of the molecule is O=C(NC1CC1)C1(C(=O)N2CCC(CN3CCCC3)C2)CCC1. The highest BCUT2D eigenvalue weighted by Crippen LogP contribution is 2.44. The van der Waals surface area contributed by atoms with E-state index in [2.05, 4.69) is 10.2 Å². The normalized spacial score (nSPS) is 30.3. The summed E-state index contributed by atoms with van der Waals surface area (Å²) < 4.78 is 0. The van der Waals surface area contributed by atoms with Gasteiger partial charge in [-0.15, -0.1) is 0 Å². The molecule has 0 aromatic carbocycles. The Morgan fingerprint density at radius 3 is 2.35 bits per heavy atom. The van der Waals surface area contributed by atoms with Crippen molar-refractivity contribution >= 4 is 11.8 Å². The van der Waals surface area contributed by atoms with Gasteiger partial charge in [0.15, 0.2) is 0 Å². The van der Waals surface area contributed by atoms with Crippen molar-refractivity contribution in [1.29, 1.82) is 0 Å². The van der Waals surface area contributed by atoms with Crippen molar-refractivity contribution in [3.63, 3.8) is 0 Å². The lowest BCUT2D eigenvalue weighted by atomic mass is 9.67. The number of amides is 2. The summed E-state index contributed by atoms with van der Waals surface area (Å²) in [4.78, 5) is 30.1.